The van der Waals surface area contributed by atoms with E-state index in [4.69, 9.17) is 27.9 Å². The van der Waals surface area contributed by atoms with E-state index < -0.39 is 22.8 Å². The first-order valence-corrected chi connectivity index (χ1v) is 12.6. The molecule has 13 heteroatoms. The van der Waals surface area contributed by atoms with Crippen LogP contribution in [0.5, 0.6) is 5.75 Å². The van der Waals surface area contributed by atoms with Crippen molar-refractivity contribution in [2.75, 3.05) is 4.90 Å². The summed E-state index contributed by atoms with van der Waals surface area (Å²) in [5, 5.41) is 13.9. The summed E-state index contributed by atoms with van der Waals surface area (Å²) in [5.74, 6) is -1.51. The number of hydrogen-bond donors (Lipinski definition) is 1. The molecule has 4 rings (SSSR count). The molecule has 0 unspecified atom stereocenters. The molecule has 0 saturated carbocycles. The summed E-state index contributed by atoms with van der Waals surface area (Å²) >= 11 is 19.0. The molecule has 0 aliphatic carbocycles. The SMILES string of the molecule is O=C1NC(=O)N(c2ccc([N+](=O)[O-])cc2)C(=O)/C1=C/c1cc(Br)cc(Br)c1OCc1ccc(Cl)cc1Cl. The molecule has 1 fully saturated rings. The molecule has 1 heterocycles. The Labute approximate surface area is 236 Å². The predicted molar refractivity (Wildman–Crippen MR) is 145 cm³/mol. The molecular weight excluding hydrogens is 657 g/mol. The minimum absolute atomic E-state index is 0.0516. The van der Waals surface area contributed by atoms with Gasteiger partial charge in [-0.25, -0.2) is 9.69 Å². The van der Waals surface area contributed by atoms with Crippen molar-refractivity contribution in [1.82, 2.24) is 5.32 Å². The number of nitrogens with zero attached hydrogens (tertiary/aromatic N) is 2. The average Bonchev–Trinajstić information content (AvgIpc) is 2.82. The van der Waals surface area contributed by atoms with Crippen LogP contribution in [-0.4, -0.2) is 22.8 Å². The molecule has 3 aromatic carbocycles. The van der Waals surface area contributed by atoms with Gasteiger partial charge in [0, 0.05) is 37.8 Å². The number of hydrogen-bond acceptors (Lipinski definition) is 6. The van der Waals surface area contributed by atoms with E-state index >= 15 is 0 Å². The maximum atomic E-state index is 13.3. The van der Waals surface area contributed by atoms with Gasteiger partial charge in [0.25, 0.3) is 17.5 Å². The van der Waals surface area contributed by atoms with Gasteiger partial charge < -0.3 is 4.74 Å². The van der Waals surface area contributed by atoms with Crippen molar-refractivity contribution in [1.29, 1.82) is 0 Å². The highest BCUT2D eigenvalue weighted by Crippen LogP contribution is 2.36. The minimum Gasteiger partial charge on any atom is -0.487 e. The summed E-state index contributed by atoms with van der Waals surface area (Å²) in [6, 6.07) is 12.1. The second-order valence-corrected chi connectivity index (χ2v) is 10.2. The molecule has 3 aromatic rings. The highest BCUT2D eigenvalue weighted by Gasteiger charge is 2.37. The number of ether oxygens (including phenoxy) is 1. The lowest BCUT2D eigenvalue weighted by molar-refractivity contribution is -0.384. The molecule has 1 saturated heterocycles. The number of urea groups is 1. The Morgan fingerprint density at radius 3 is 2.38 bits per heavy atom. The number of benzene rings is 3. The van der Waals surface area contributed by atoms with Gasteiger partial charge in [-0.1, -0.05) is 45.2 Å². The van der Waals surface area contributed by atoms with Crippen molar-refractivity contribution in [2.45, 2.75) is 6.61 Å². The molecule has 0 spiro atoms. The minimum atomic E-state index is -0.981. The first-order chi connectivity index (χ1) is 17.5. The van der Waals surface area contributed by atoms with Crippen LogP contribution in [0.1, 0.15) is 11.1 Å². The van der Waals surface area contributed by atoms with Crippen molar-refractivity contribution in [3.63, 3.8) is 0 Å². The summed E-state index contributed by atoms with van der Waals surface area (Å²) in [4.78, 5) is 49.4. The number of anilines is 1. The predicted octanol–water partition coefficient (Wildman–Crippen LogP) is 6.67. The fourth-order valence-electron chi connectivity index (χ4n) is 3.40. The Balaban J connectivity index is 1.70. The molecule has 9 nitrogen and oxygen atoms in total. The van der Waals surface area contributed by atoms with Crippen molar-refractivity contribution >= 4 is 90.4 Å². The van der Waals surface area contributed by atoms with Gasteiger partial charge in [0.1, 0.15) is 17.9 Å². The number of carbonyl (C=O) groups excluding carboxylic acids is 3. The Kier molecular flexibility index (Phi) is 7.98. The van der Waals surface area contributed by atoms with Crippen LogP contribution in [0.3, 0.4) is 0 Å². The third-order valence-electron chi connectivity index (χ3n) is 5.14. The summed E-state index contributed by atoms with van der Waals surface area (Å²) in [6.07, 6.45) is 1.29. The monoisotopic (exact) mass is 667 g/mol. The van der Waals surface area contributed by atoms with Crippen LogP contribution in [0.25, 0.3) is 6.08 Å². The Morgan fingerprint density at radius 1 is 1.03 bits per heavy atom. The van der Waals surface area contributed by atoms with Crippen molar-refractivity contribution in [2.24, 2.45) is 0 Å². The average molecular weight is 670 g/mol. The summed E-state index contributed by atoms with van der Waals surface area (Å²) in [6.45, 7) is 0.0555. The van der Waals surface area contributed by atoms with Crippen molar-refractivity contribution in [3.05, 3.63) is 100 Å². The molecule has 1 N–H and O–H groups in total. The van der Waals surface area contributed by atoms with Crippen molar-refractivity contribution in [3.8, 4) is 5.75 Å². The van der Waals surface area contributed by atoms with E-state index in [2.05, 4.69) is 37.2 Å². The summed E-state index contributed by atoms with van der Waals surface area (Å²) in [5.41, 5.74) is 0.485. The van der Waals surface area contributed by atoms with Crippen molar-refractivity contribution < 1.29 is 24.0 Å². The molecular formula is C24H13Br2Cl2N3O6. The molecule has 0 atom stereocenters. The number of imide groups is 2. The molecule has 0 radical (unpaired) electrons. The molecule has 1 aliphatic heterocycles. The third kappa shape index (κ3) is 5.85. The van der Waals surface area contributed by atoms with Crippen LogP contribution >= 0.6 is 55.1 Å². The Bertz CT molecular complexity index is 1490. The van der Waals surface area contributed by atoms with Gasteiger partial charge in [0.2, 0.25) is 0 Å². The van der Waals surface area contributed by atoms with Crippen LogP contribution in [0.15, 0.2) is 69.1 Å². The van der Waals surface area contributed by atoms with Gasteiger partial charge in [-0.05, 0) is 58.4 Å². The number of nitrogens with one attached hydrogen (secondary N) is 1. The van der Waals surface area contributed by atoms with E-state index in [0.29, 0.717) is 35.9 Å². The maximum Gasteiger partial charge on any atom is 0.335 e. The molecule has 1 aliphatic rings. The lowest BCUT2D eigenvalue weighted by Crippen LogP contribution is -2.54. The Hall–Kier alpha value is -3.25. The topological polar surface area (TPSA) is 119 Å². The molecule has 4 amide bonds. The number of amides is 4. The van der Waals surface area contributed by atoms with Crippen LogP contribution < -0.4 is 15.0 Å². The number of carbonyl (C=O) groups is 3. The molecule has 37 heavy (non-hydrogen) atoms. The normalized spacial score (nSPS) is 14.6. The zero-order valence-corrected chi connectivity index (χ0v) is 23.0. The van der Waals surface area contributed by atoms with Crippen LogP contribution in [0, 0.1) is 10.1 Å². The van der Waals surface area contributed by atoms with Gasteiger partial charge in [0.15, 0.2) is 0 Å². The smallest absolute Gasteiger partial charge is 0.335 e. The Morgan fingerprint density at radius 2 is 1.73 bits per heavy atom. The fourth-order valence-corrected chi connectivity index (χ4v) is 5.24. The number of non-ortho nitro benzene ring substituents is 1. The zero-order chi connectivity index (χ0) is 26.9. The third-order valence-corrected chi connectivity index (χ3v) is 6.78. The second-order valence-electron chi connectivity index (χ2n) is 7.56. The second kappa shape index (κ2) is 11.0. The molecule has 0 aromatic heterocycles. The number of barbiturate groups is 1. The molecule has 188 valence electrons. The lowest BCUT2D eigenvalue weighted by Gasteiger charge is -2.26. The van der Waals surface area contributed by atoms with Gasteiger partial charge in [0.05, 0.1) is 15.1 Å². The molecule has 0 bridgehead atoms. The largest absolute Gasteiger partial charge is 0.487 e. The van der Waals surface area contributed by atoms with E-state index in [1.54, 1.807) is 30.3 Å². The number of halogens is 4. The summed E-state index contributed by atoms with van der Waals surface area (Å²) in [7, 11) is 0. The van der Waals surface area contributed by atoms with E-state index in [1.807, 2.05) is 0 Å². The van der Waals surface area contributed by atoms with Crippen LogP contribution in [0.4, 0.5) is 16.2 Å². The quantitative estimate of drug-likeness (QED) is 0.136. The number of nitro benzene ring substituents is 1. The van der Waals surface area contributed by atoms with E-state index in [1.165, 1.54) is 18.2 Å². The zero-order valence-electron chi connectivity index (χ0n) is 18.3. The maximum absolute atomic E-state index is 13.3. The van der Waals surface area contributed by atoms with E-state index in [0.717, 1.165) is 17.0 Å². The van der Waals surface area contributed by atoms with Gasteiger partial charge >= 0.3 is 6.03 Å². The van der Waals surface area contributed by atoms with E-state index in [9.17, 15) is 24.5 Å². The van der Waals surface area contributed by atoms with Gasteiger partial charge in [-0.3, -0.25) is 25.0 Å². The first kappa shape index (κ1) is 26.8. The van der Waals surface area contributed by atoms with E-state index in [-0.39, 0.29) is 23.6 Å². The lowest BCUT2D eigenvalue weighted by atomic mass is 10.1. The van der Waals surface area contributed by atoms with Crippen LogP contribution in [-0.2, 0) is 16.2 Å². The first-order valence-electron chi connectivity index (χ1n) is 10.3. The fraction of sp³-hybridized carbons (Fsp3) is 0.0417. The number of rotatable bonds is 6. The summed E-state index contributed by atoms with van der Waals surface area (Å²) < 4.78 is 7.12. The standard InChI is InChI=1S/C24H13Br2Cl2N3O6/c25-14-7-13(21(19(26)9-14)37-11-12-1-2-15(27)10-20(12)28)8-18-22(32)29-24(34)30(23(18)33)16-3-5-17(6-4-16)31(35)36/h1-10H,11H2,(H,29,32,34)/b18-8+. The highest BCUT2D eigenvalue weighted by atomic mass is 79.9. The van der Waals surface area contributed by atoms with Crippen LogP contribution in [0.2, 0.25) is 10.0 Å². The highest BCUT2D eigenvalue weighted by molar-refractivity contribution is 9.11. The van der Waals surface area contributed by atoms with Gasteiger partial charge in [-0.15, -0.1) is 0 Å². The number of nitro groups is 1. The van der Waals surface area contributed by atoms with Gasteiger partial charge in [-0.2, -0.15) is 0 Å².